The molecular weight excluding hydrogens is 316 g/mol. The van der Waals surface area contributed by atoms with E-state index >= 15 is 0 Å². The molecule has 0 bridgehead atoms. The number of hydrogen-bond acceptors (Lipinski definition) is 5. The van der Waals surface area contributed by atoms with Gasteiger partial charge in [0.2, 0.25) is 5.91 Å². The van der Waals surface area contributed by atoms with Crippen molar-refractivity contribution in [1.29, 1.82) is 0 Å². The van der Waals surface area contributed by atoms with Crippen molar-refractivity contribution in [2.75, 3.05) is 13.1 Å². The molecule has 0 unspecified atom stereocenters. The maximum atomic E-state index is 12.0. The van der Waals surface area contributed by atoms with Gasteiger partial charge in [-0.25, -0.2) is 4.68 Å². The van der Waals surface area contributed by atoms with Gasteiger partial charge in [-0.05, 0) is 39.8 Å². The molecule has 3 rings (SSSR count). The van der Waals surface area contributed by atoms with Crippen molar-refractivity contribution >= 4 is 5.91 Å². The van der Waals surface area contributed by atoms with Gasteiger partial charge in [0.1, 0.15) is 12.9 Å². The standard InChI is InChI=1S/C18H26N6O/c1-14-7-15(2)10-23(9-14)11-17-6-4-3-5-16(17)8-19-18(25)12-24-13-20-21-22-24/h3-6,13-15H,7-12H2,1-2H3,(H,19,25)/t14-,15-/m1/s1. The molecule has 0 radical (unpaired) electrons. The third kappa shape index (κ3) is 5.09. The summed E-state index contributed by atoms with van der Waals surface area (Å²) >= 11 is 0. The zero-order chi connectivity index (χ0) is 17.6. The molecular formula is C18H26N6O. The number of nitrogens with one attached hydrogen (secondary N) is 1. The summed E-state index contributed by atoms with van der Waals surface area (Å²) in [6.45, 7) is 8.54. The maximum Gasteiger partial charge on any atom is 0.242 e. The number of tetrazole rings is 1. The molecule has 1 aromatic heterocycles. The average Bonchev–Trinajstić information content (AvgIpc) is 3.06. The highest BCUT2D eigenvalue weighted by Gasteiger charge is 2.22. The lowest BCUT2D eigenvalue weighted by Crippen LogP contribution is -2.38. The SMILES string of the molecule is C[C@@H]1C[C@@H](C)CN(Cc2ccccc2CNC(=O)Cn2cnnn2)C1. The van der Waals surface area contributed by atoms with Gasteiger partial charge in [-0.2, -0.15) is 0 Å². The molecule has 7 heteroatoms. The van der Waals surface area contributed by atoms with Crippen LogP contribution in [-0.4, -0.2) is 44.1 Å². The largest absolute Gasteiger partial charge is 0.350 e. The van der Waals surface area contributed by atoms with Crippen LogP contribution in [0.15, 0.2) is 30.6 Å². The molecule has 1 amide bonds. The Labute approximate surface area is 148 Å². The van der Waals surface area contributed by atoms with Crippen LogP contribution >= 0.6 is 0 Å². The van der Waals surface area contributed by atoms with Crippen LogP contribution in [0.4, 0.5) is 0 Å². The molecule has 1 aliphatic heterocycles. The fourth-order valence-electron chi connectivity index (χ4n) is 3.70. The van der Waals surface area contributed by atoms with E-state index in [1.54, 1.807) is 0 Å². The molecule has 1 N–H and O–H groups in total. The minimum Gasteiger partial charge on any atom is -0.350 e. The molecule has 2 atom stereocenters. The molecule has 7 nitrogen and oxygen atoms in total. The summed E-state index contributed by atoms with van der Waals surface area (Å²) in [5, 5.41) is 13.7. The predicted octanol–water partition coefficient (Wildman–Crippen LogP) is 1.47. The maximum absolute atomic E-state index is 12.0. The summed E-state index contributed by atoms with van der Waals surface area (Å²) in [5.41, 5.74) is 2.45. The highest BCUT2D eigenvalue weighted by Crippen LogP contribution is 2.23. The van der Waals surface area contributed by atoms with Crippen LogP contribution < -0.4 is 5.32 Å². The van der Waals surface area contributed by atoms with Gasteiger partial charge in [-0.3, -0.25) is 9.69 Å². The van der Waals surface area contributed by atoms with Crippen molar-refractivity contribution in [2.45, 2.75) is 39.9 Å². The summed E-state index contributed by atoms with van der Waals surface area (Å²) < 4.78 is 1.41. The molecule has 25 heavy (non-hydrogen) atoms. The van der Waals surface area contributed by atoms with Crippen LogP contribution in [0.1, 0.15) is 31.4 Å². The van der Waals surface area contributed by atoms with Crippen molar-refractivity contribution in [3.05, 3.63) is 41.7 Å². The Morgan fingerprint density at radius 1 is 1.20 bits per heavy atom. The monoisotopic (exact) mass is 342 g/mol. The average molecular weight is 342 g/mol. The summed E-state index contributed by atoms with van der Waals surface area (Å²) in [4.78, 5) is 14.6. The third-order valence-corrected chi connectivity index (χ3v) is 4.63. The highest BCUT2D eigenvalue weighted by molar-refractivity contribution is 5.75. The van der Waals surface area contributed by atoms with Crippen LogP contribution in [-0.2, 0) is 24.4 Å². The van der Waals surface area contributed by atoms with Gasteiger partial charge in [-0.15, -0.1) is 5.10 Å². The zero-order valence-corrected chi connectivity index (χ0v) is 14.9. The van der Waals surface area contributed by atoms with E-state index in [1.165, 1.54) is 28.6 Å². The molecule has 134 valence electrons. The second-order valence-electron chi connectivity index (χ2n) is 7.19. The molecule has 2 heterocycles. The van der Waals surface area contributed by atoms with Crippen LogP contribution in [0.2, 0.25) is 0 Å². The van der Waals surface area contributed by atoms with E-state index in [4.69, 9.17) is 0 Å². The summed E-state index contributed by atoms with van der Waals surface area (Å²) in [6.07, 6.45) is 2.75. The van der Waals surface area contributed by atoms with Crippen LogP contribution in [0, 0.1) is 11.8 Å². The Morgan fingerprint density at radius 3 is 2.60 bits per heavy atom. The Morgan fingerprint density at radius 2 is 1.92 bits per heavy atom. The number of aromatic nitrogens is 4. The molecule has 2 aromatic rings. The fourth-order valence-corrected chi connectivity index (χ4v) is 3.70. The molecule has 1 fully saturated rings. The van der Waals surface area contributed by atoms with Crippen LogP contribution in [0.25, 0.3) is 0 Å². The first-order valence-electron chi connectivity index (χ1n) is 8.86. The first-order chi connectivity index (χ1) is 12.1. The van der Waals surface area contributed by atoms with Crippen LogP contribution in [0.5, 0.6) is 0 Å². The van der Waals surface area contributed by atoms with Crippen molar-refractivity contribution in [3.8, 4) is 0 Å². The van der Waals surface area contributed by atoms with E-state index < -0.39 is 0 Å². The van der Waals surface area contributed by atoms with Crippen molar-refractivity contribution in [1.82, 2.24) is 30.4 Å². The van der Waals surface area contributed by atoms with Gasteiger partial charge < -0.3 is 5.32 Å². The van der Waals surface area contributed by atoms with Crippen molar-refractivity contribution in [2.24, 2.45) is 11.8 Å². The summed E-state index contributed by atoms with van der Waals surface area (Å²) in [5.74, 6) is 1.39. The number of carbonyl (C=O) groups excluding carboxylic acids is 1. The lowest BCUT2D eigenvalue weighted by molar-refractivity contribution is -0.122. The van der Waals surface area contributed by atoms with E-state index in [9.17, 15) is 4.79 Å². The van der Waals surface area contributed by atoms with E-state index in [-0.39, 0.29) is 12.5 Å². The summed E-state index contributed by atoms with van der Waals surface area (Å²) in [7, 11) is 0. The highest BCUT2D eigenvalue weighted by atomic mass is 16.2. The van der Waals surface area contributed by atoms with Crippen molar-refractivity contribution < 1.29 is 4.79 Å². The number of hydrogen-bond donors (Lipinski definition) is 1. The molecule has 0 saturated carbocycles. The van der Waals surface area contributed by atoms with Crippen LogP contribution in [0.3, 0.4) is 0 Å². The first-order valence-corrected chi connectivity index (χ1v) is 8.86. The number of rotatable bonds is 6. The number of piperidine rings is 1. The Kier molecular flexibility index (Phi) is 5.75. The van der Waals surface area contributed by atoms with Crippen molar-refractivity contribution in [3.63, 3.8) is 0 Å². The molecule has 1 saturated heterocycles. The number of nitrogens with zero attached hydrogens (tertiary/aromatic N) is 5. The van der Waals surface area contributed by atoms with Gasteiger partial charge in [0, 0.05) is 26.2 Å². The zero-order valence-electron chi connectivity index (χ0n) is 14.9. The predicted molar refractivity (Wildman–Crippen MR) is 94.3 cm³/mol. The van der Waals surface area contributed by atoms with Gasteiger partial charge >= 0.3 is 0 Å². The normalized spacial score (nSPS) is 21.2. The molecule has 1 aromatic carbocycles. The quantitative estimate of drug-likeness (QED) is 0.860. The smallest absolute Gasteiger partial charge is 0.242 e. The van der Waals surface area contributed by atoms with E-state index in [0.717, 1.165) is 31.5 Å². The third-order valence-electron chi connectivity index (χ3n) is 4.63. The molecule has 0 spiro atoms. The second kappa shape index (κ2) is 8.20. The fraction of sp³-hybridized carbons (Fsp3) is 0.556. The number of amides is 1. The minimum absolute atomic E-state index is 0.0951. The molecule has 1 aliphatic rings. The lowest BCUT2D eigenvalue weighted by atomic mass is 9.91. The number of likely N-dealkylation sites (tertiary alicyclic amines) is 1. The van der Waals surface area contributed by atoms with E-state index in [2.05, 4.69) is 57.8 Å². The topological polar surface area (TPSA) is 75.9 Å². The Hall–Kier alpha value is -2.28. The number of carbonyl (C=O) groups is 1. The molecule has 0 aliphatic carbocycles. The van der Waals surface area contributed by atoms with Gasteiger partial charge in [0.05, 0.1) is 0 Å². The van der Waals surface area contributed by atoms with Gasteiger partial charge in [0.15, 0.2) is 0 Å². The minimum atomic E-state index is -0.0951. The first kappa shape index (κ1) is 17.5. The van der Waals surface area contributed by atoms with Gasteiger partial charge in [0.25, 0.3) is 0 Å². The lowest BCUT2D eigenvalue weighted by Gasteiger charge is -2.35. The van der Waals surface area contributed by atoms with E-state index in [0.29, 0.717) is 6.54 Å². The second-order valence-corrected chi connectivity index (χ2v) is 7.19. The van der Waals surface area contributed by atoms with E-state index in [1.807, 2.05) is 6.07 Å². The Balaban J connectivity index is 1.58. The Bertz CT molecular complexity index is 677. The van der Waals surface area contributed by atoms with Gasteiger partial charge in [-0.1, -0.05) is 38.1 Å². The number of benzene rings is 1. The summed E-state index contributed by atoms with van der Waals surface area (Å²) in [6, 6.07) is 8.34.